The van der Waals surface area contributed by atoms with Gasteiger partial charge in [-0.1, -0.05) is 13.8 Å². The molecule has 2 atom stereocenters. The van der Waals surface area contributed by atoms with E-state index in [-0.39, 0.29) is 17.7 Å². The molecule has 1 amide bonds. The summed E-state index contributed by atoms with van der Waals surface area (Å²) in [5, 5.41) is 2.49. The largest absolute Gasteiger partial charge is 0.399 e. The first-order chi connectivity index (χ1) is 9.29. The number of amides is 1. The fourth-order valence-corrected chi connectivity index (χ4v) is 2.00. The Labute approximate surface area is 119 Å². The predicted octanol–water partition coefficient (Wildman–Crippen LogP) is 3.19. The standard InChI is InChI=1S/C15H23FN2O2/c1-9(2)7-10(3)20-11(4)15(19)18-14-8-12(17)5-6-13(14)16/h5-6,8-11H,7,17H2,1-4H3,(H,18,19). The minimum atomic E-state index is -0.649. The van der Waals surface area contributed by atoms with E-state index in [4.69, 9.17) is 10.5 Å². The molecule has 1 aromatic rings. The molecule has 1 aromatic carbocycles. The lowest BCUT2D eigenvalue weighted by Crippen LogP contribution is -2.31. The Hall–Kier alpha value is -1.62. The van der Waals surface area contributed by atoms with Crippen LogP contribution in [0.2, 0.25) is 0 Å². The zero-order chi connectivity index (χ0) is 15.3. The van der Waals surface area contributed by atoms with E-state index in [9.17, 15) is 9.18 Å². The average molecular weight is 282 g/mol. The second kappa shape index (κ2) is 7.24. The van der Waals surface area contributed by atoms with Crippen molar-refractivity contribution < 1.29 is 13.9 Å². The summed E-state index contributed by atoms with van der Waals surface area (Å²) >= 11 is 0. The first-order valence-corrected chi connectivity index (χ1v) is 6.81. The fraction of sp³-hybridized carbons (Fsp3) is 0.533. The predicted molar refractivity (Wildman–Crippen MR) is 78.9 cm³/mol. The summed E-state index contributed by atoms with van der Waals surface area (Å²) in [5.74, 6) is -0.410. The van der Waals surface area contributed by atoms with Gasteiger partial charge >= 0.3 is 0 Å². The summed E-state index contributed by atoms with van der Waals surface area (Å²) in [6, 6.07) is 4.05. The average Bonchev–Trinajstić information content (AvgIpc) is 2.32. The van der Waals surface area contributed by atoms with Crippen molar-refractivity contribution in [2.45, 2.75) is 46.3 Å². The van der Waals surface area contributed by atoms with Crippen LogP contribution in [0.25, 0.3) is 0 Å². The number of nitrogens with one attached hydrogen (secondary N) is 1. The Balaban J connectivity index is 2.59. The van der Waals surface area contributed by atoms with Crippen molar-refractivity contribution in [3.8, 4) is 0 Å². The molecule has 5 heteroatoms. The fourth-order valence-electron chi connectivity index (χ4n) is 2.00. The molecule has 0 aliphatic heterocycles. The van der Waals surface area contributed by atoms with Gasteiger partial charge in [-0.2, -0.15) is 0 Å². The molecule has 0 aromatic heterocycles. The van der Waals surface area contributed by atoms with Crippen molar-refractivity contribution in [3.05, 3.63) is 24.0 Å². The van der Waals surface area contributed by atoms with Gasteiger partial charge < -0.3 is 15.8 Å². The van der Waals surface area contributed by atoms with Crippen LogP contribution in [0.1, 0.15) is 34.1 Å². The minimum absolute atomic E-state index is 0.0264. The molecule has 1 rings (SSSR count). The third-order valence-electron chi connectivity index (χ3n) is 2.86. The molecule has 112 valence electrons. The summed E-state index contributed by atoms with van der Waals surface area (Å²) in [6.45, 7) is 7.75. The van der Waals surface area contributed by atoms with Gasteiger partial charge in [-0.15, -0.1) is 0 Å². The number of carbonyl (C=O) groups excluding carboxylic acids is 1. The first kappa shape index (κ1) is 16.4. The highest BCUT2D eigenvalue weighted by molar-refractivity contribution is 5.94. The molecule has 0 heterocycles. The number of hydrogen-bond acceptors (Lipinski definition) is 3. The topological polar surface area (TPSA) is 64.3 Å². The summed E-state index contributed by atoms with van der Waals surface area (Å²) in [5.41, 5.74) is 6.03. The maximum absolute atomic E-state index is 13.5. The lowest BCUT2D eigenvalue weighted by atomic mass is 10.1. The maximum atomic E-state index is 13.5. The van der Waals surface area contributed by atoms with Gasteiger partial charge in [-0.25, -0.2) is 4.39 Å². The van der Waals surface area contributed by atoms with Crippen LogP contribution in [-0.4, -0.2) is 18.1 Å². The third-order valence-corrected chi connectivity index (χ3v) is 2.86. The van der Waals surface area contributed by atoms with Gasteiger partial charge in [0.25, 0.3) is 5.91 Å². The number of carbonyl (C=O) groups is 1. The van der Waals surface area contributed by atoms with Gasteiger partial charge in [-0.3, -0.25) is 4.79 Å². The number of nitrogens with two attached hydrogens (primary N) is 1. The van der Waals surface area contributed by atoms with Gasteiger partial charge in [0.1, 0.15) is 11.9 Å². The van der Waals surface area contributed by atoms with Crippen molar-refractivity contribution in [3.63, 3.8) is 0 Å². The van der Waals surface area contributed by atoms with Crippen LogP contribution in [-0.2, 0) is 9.53 Å². The molecule has 2 unspecified atom stereocenters. The molecule has 0 aliphatic carbocycles. The van der Waals surface area contributed by atoms with Crippen molar-refractivity contribution in [2.75, 3.05) is 11.1 Å². The highest BCUT2D eigenvalue weighted by Gasteiger charge is 2.18. The zero-order valence-corrected chi connectivity index (χ0v) is 12.4. The summed E-state index contributed by atoms with van der Waals surface area (Å²) < 4.78 is 19.1. The van der Waals surface area contributed by atoms with E-state index < -0.39 is 11.9 Å². The van der Waals surface area contributed by atoms with Gasteiger partial charge in [0, 0.05) is 5.69 Å². The quantitative estimate of drug-likeness (QED) is 0.788. The van der Waals surface area contributed by atoms with E-state index in [2.05, 4.69) is 19.2 Å². The molecule has 4 nitrogen and oxygen atoms in total. The molecule has 0 bridgehead atoms. The molecule has 0 fully saturated rings. The maximum Gasteiger partial charge on any atom is 0.253 e. The zero-order valence-electron chi connectivity index (χ0n) is 12.4. The summed E-state index contributed by atoms with van der Waals surface area (Å²) in [6.07, 6.45) is 0.190. The van der Waals surface area contributed by atoms with Crippen LogP contribution >= 0.6 is 0 Å². The van der Waals surface area contributed by atoms with Crippen LogP contribution in [0.4, 0.5) is 15.8 Å². The van der Waals surface area contributed by atoms with E-state index in [1.807, 2.05) is 6.92 Å². The number of anilines is 2. The molecule has 0 spiro atoms. The highest BCUT2D eigenvalue weighted by Crippen LogP contribution is 2.18. The summed E-state index contributed by atoms with van der Waals surface area (Å²) in [4.78, 5) is 12.0. The van der Waals surface area contributed by atoms with Crippen LogP contribution < -0.4 is 11.1 Å². The van der Waals surface area contributed by atoms with Crippen molar-refractivity contribution in [1.29, 1.82) is 0 Å². The number of hydrogen-bond donors (Lipinski definition) is 2. The number of rotatable bonds is 6. The third kappa shape index (κ3) is 5.17. The summed E-state index contributed by atoms with van der Waals surface area (Å²) in [7, 11) is 0. The number of nitrogen functional groups attached to an aromatic ring is 1. The lowest BCUT2D eigenvalue weighted by molar-refractivity contribution is -0.129. The van der Waals surface area contributed by atoms with Gasteiger partial charge in [-0.05, 0) is 44.4 Å². The van der Waals surface area contributed by atoms with Crippen LogP contribution in [0.15, 0.2) is 18.2 Å². The minimum Gasteiger partial charge on any atom is -0.399 e. The van der Waals surface area contributed by atoms with E-state index in [1.54, 1.807) is 6.92 Å². The van der Waals surface area contributed by atoms with Crippen LogP contribution in [0.5, 0.6) is 0 Å². The molecular formula is C15H23FN2O2. The molecule has 20 heavy (non-hydrogen) atoms. The highest BCUT2D eigenvalue weighted by atomic mass is 19.1. The van der Waals surface area contributed by atoms with E-state index in [0.717, 1.165) is 6.42 Å². The van der Waals surface area contributed by atoms with Crippen LogP contribution in [0, 0.1) is 11.7 Å². The smallest absolute Gasteiger partial charge is 0.253 e. The SMILES string of the molecule is CC(C)CC(C)OC(C)C(=O)Nc1cc(N)ccc1F. The Bertz CT molecular complexity index is 463. The van der Waals surface area contributed by atoms with Crippen molar-refractivity contribution in [1.82, 2.24) is 0 Å². The Morgan fingerprint density at radius 3 is 2.60 bits per heavy atom. The Morgan fingerprint density at radius 1 is 1.35 bits per heavy atom. The van der Waals surface area contributed by atoms with E-state index in [0.29, 0.717) is 11.6 Å². The van der Waals surface area contributed by atoms with Crippen molar-refractivity contribution >= 4 is 17.3 Å². The van der Waals surface area contributed by atoms with E-state index >= 15 is 0 Å². The van der Waals surface area contributed by atoms with Crippen molar-refractivity contribution in [2.24, 2.45) is 5.92 Å². The lowest BCUT2D eigenvalue weighted by Gasteiger charge is -2.20. The molecule has 3 N–H and O–H groups in total. The van der Waals surface area contributed by atoms with Crippen LogP contribution in [0.3, 0.4) is 0 Å². The molecular weight excluding hydrogens is 259 g/mol. The second-order valence-electron chi connectivity index (χ2n) is 5.45. The van der Waals surface area contributed by atoms with E-state index in [1.165, 1.54) is 18.2 Å². The normalized spacial score (nSPS) is 14.1. The van der Waals surface area contributed by atoms with Gasteiger partial charge in [0.2, 0.25) is 0 Å². The molecule has 0 aliphatic rings. The number of ether oxygens (including phenoxy) is 1. The number of benzene rings is 1. The van der Waals surface area contributed by atoms with Gasteiger partial charge in [0.15, 0.2) is 0 Å². The monoisotopic (exact) mass is 282 g/mol. The first-order valence-electron chi connectivity index (χ1n) is 6.81. The van der Waals surface area contributed by atoms with Gasteiger partial charge in [0.05, 0.1) is 11.8 Å². The Morgan fingerprint density at radius 2 is 2.00 bits per heavy atom. The second-order valence-corrected chi connectivity index (χ2v) is 5.45. The Kier molecular flexibility index (Phi) is 5.95. The number of halogens is 1. The molecule has 0 saturated carbocycles. The molecule has 0 saturated heterocycles. The molecule has 0 radical (unpaired) electrons.